The van der Waals surface area contributed by atoms with E-state index in [1.165, 1.54) is 28.8 Å². The monoisotopic (exact) mass is 404 g/mol. The van der Waals surface area contributed by atoms with Crippen LogP contribution in [0, 0.1) is 0 Å². The molecule has 0 radical (unpaired) electrons. The molecule has 2 aromatic carbocycles. The Morgan fingerprint density at radius 2 is 1.96 bits per heavy atom. The molecule has 0 unspecified atom stereocenters. The fourth-order valence-corrected chi connectivity index (χ4v) is 3.62. The number of carboxylic acid groups (broad SMARTS) is 1. The number of halogens is 2. The maximum atomic E-state index is 11.0. The lowest BCUT2D eigenvalue weighted by Gasteiger charge is -2.04. The van der Waals surface area contributed by atoms with E-state index in [-0.39, 0.29) is 5.56 Å². The number of aromatic nitrogens is 4. The number of aromatic carboxylic acids is 1. The molecule has 130 valence electrons. The van der Waals surface area contributed by atoms with Crippen LogP contribution in [-0.2, 0) is 0 Å². The van der Waals surface area contributed by atoms with Crippen molar-refractivity contribution in [2.45, 2.75) is 9.79 Å². The number of hydrogen-bond acceptors (Lipinski definition) is 4. The SMILES string of the molecule is O=C(O)c1cnn(-c2nc3cc(Sc4ccc(Cl)cc4)c(Cl)cc3[nH]2)c1. The Hall–Kier alpha value is -2.48. The fraction of sp³-hybridized carbons (Fsp3) is 0. The molecule has 0 bridgehead atoms. The molecular formula is C17H10Cl2N4O2S. The Balaban J connectivity index is 1.69. The lowest BCUT2D eigenvalue weighted by atomic mass is 10.3. The molecule has 0 spiro atoms. The number of carbonyl (C=O) groups is 1. The zero-order valence-electron chi connectivity index (χ0n) is 13.0. The van der Waals surface area contributed by atoms with Gasteiger partial charge in [-0.25, -0.2) is 14.5 Å². The summed E-state index contributed by atoms with van der Waals surface area (Å²) < 4.78 is 1.38. The Morgan fingerprint density at radius 3 is 2.65 bits per heavy atom. The summed E-state index contributed by atoms with van der Waals surface area (Å²) in [5.41, 5.74) is 1.52. The first-order chi connectivity index (χ1) is 12.5. The van der Waals surface area contributed by atoms with Crippen molar-refractivity contribution in [1.82, 2.24) is 19.7 Å². The number of nitrogens with one attached hydrogen (secondary N) is 1. The summed E-state index contributed by atoms with van der Waals surface area (Å²) in [6, 6.07) is 11.1. The van der Waals surface area contributed by atoms with Crippen molar-refractivity contribution in [3.8, 4) is 5.95 Å². The second kappa shape index (κ2) is 6.68. The maximum Gasteiger partial charge on any atom is 0.338 e. The average Bonchev–Trinajstić information content (AvgIpc) is 3.24. The standard InChI is InChI=1S/C17H10Cl2N4O2S/c18-10-1-3-11(4-2-10)26-15-6-14-13(5-12(15)19)21-17(22-14)23-8-9(7-20-23)16(24)25/h1-8H,(H,21,22)(H,24,25). The summed E-state index contributed by atoms with van der Waals surface area (Å²) in [4.78, 5) is 20.4. The van der Waals surface area contributed by atoms with Gasteiger partial charge in [-0.3, -0.25) is 0 Å². The van der Waals surface area contributed by atoms with Gasteiger partial charge in [0.25, 0.3) is 0 Å². The third-order valence-electron chi connectivity index (χ3n) is 3.61. The number of fused-ring (bicyclic) bond motifs is 1. The van der Waals surface area contributed by atoms with Gasteiger partial charge in [-0.2, -0.15) is 5.10 Å². The molecule has 2 N–H and O–H groups in total. The molecule has 0 saturated carbocycles. The minimum Gasteiger partial charge on any atom is -0.478 e. The third kappa shape index (κ3) is 3.29. The van der Waals surface area contributed by atoms with Crippen LogP contribution in [0.1, 0.15) is 10.4 Å². The molecule has 6 nitrogen and oxygen atoms in total. The average molecular weight is 405 g/mol. The van der Waals surface area contributed by atoms with Crippen LogP contribution in [0.25, 0.3) is 17.0 Å². The molecule has 0 atom stereocenters. The van der Waals surface area contributed by atoms with E-state index in [2.05, 4.69) is 15.1 Å². The summed E-state index contributed by atoms with van der Waals surface area (Å²) in [7, 11) is 0. The molecule has 9 heteroatoms. The smallest absolute Gasteiger partial charge is 0.338 e. The number of hydrogen-bond donors (Lipinski definition) is 2. The predicted molar refractivity (Wildman–Crippen MR) is 101 cm³/mol. The van der Waals surface area contributed by atoms with E-state index in [0.29, 0.717) is 21.5 Å². The van der Waals surface area contributed by atoms with Crippen LogP contribution >= 0.6 is 35.0 Å². The van der Waals surface area contributed by atoms with Gasteiger partial charge in [-0.15, -0.1) is 0 Å². The maximum absolute atomic E-state index is 11.0. The second-order valence-corrected chi connectivity index (χ2v) is 7.35. The van der Waals surface area contributed by atoms with Crippen LogP contribution in [0.5, 0.6) is 0 Å². The first kappa shape index (κ1) is 17.0. The van der Waals surface area contributed by atoms with E-state index in [1.54, 1.807) is 6.07 Å². The highest BCUT2D eigenvalue weighted by Crippen LogP contribution is 2.36. The van der Waals surface area contributed by atoms with Crippen molar-refractivity contribution in [2.75, 3.05) is 0 Å². The van der Waals surface area contributed by atoms with E-state index in [0.717, 1.165) is 15.3 Å². The predicted octanol–water partition coefficient (Wildman–Crippen LogP) is 4.90. The summed E-state index contributed by atoms with van der Waals surface area (Å²) in [5, 5.41) is 14.3. The second-order valence-electron chi connectivity index (χ2n) is 5.39. The van der Waals surface area contributed by atoms with Gasteiger partial charge >= 0.3 is 5.97 Å². The van der Waals surface area contributed by atoms with Crippen molar-refractivity contribution >= 4 is 52.0 Å². The Labute approximate surface area is 161 Å². The zero-order valence-corrected chi connectivity index (χ0v) is 15.3. The normalized spacial score (nSPS) is 11.2. The molecule has 0 fully saturated rings. The van der Waals surface area contributed by atoms with Gasteiger partial charge in [0.2, 0.25) is 5.95 Å². The number of imidazole rings is 1. The van der Waals surface area contributed by atoms with Gasteiger partial charge in [0.1, 0.15) is 0 Å². The number of aromatic amines is 1. The molecule has 0 aliphatic heterocycles. The number of H-pyrrole nitrogens is 1. The van der Waals surface area contributed by atoms with Crippen LogP contribution in [0.4, 0.5) is 0 Å². The first-order valence-electron chi connectivity index (χ1n) is 7.40. The van der Waals surface area contributed by atoms with E-state index in [4.69, 9.17) is 28.3 Å². The van der Waals surface area contributed by atoms with Crippen LogP contribution in [0.2, 0.25) is 10.0 Å². The molecule has 0 aliphatic rings. The Kier molecular flexibility index (Phi) is 4.36. The Morgan fingerprint density at radius 1 is 1.19 bits per heavy atom. The highest BCUT2D eigenvalue weighted by Gasteiger charge is 2.13. The van der Waals surface area contributed by atoms with Crippen LogP contribution < -0.4 is 0 Å². The molecule has 4 aromatic rings. The molecule has 0 amide bonds. The van der Waals surface area contributed by atoms with Gasteiger partial charge in [-0.05, 0) is 36.4 Å². The molecule has 2 heterocycles. The highest BCUT2D eigenvalue weighted by molar-refractivity contribution is 7.99. The van der Waals surface area contributed by atoms with Crippen molar-refractivity contribution in [2.24, 2.45) is 0 Å². The number of benzene rings is 2. The van der Waals surface area contributed by atoms with E-state index < -0.39 is 5.97 Å². The summed E-state index contributed by atoms with van der Waals surface area (Å²) in [6.07, 6.45) is 2.66. The molecule has 4 rings (SSSR count). The molecule has 2 aromatic heterocycles. The molecular weight excluding hydrogens is 395 g/mol. The topological polar surface area (TPSA) is 83.8 Å². The molecule has 26 heavy (non-hydrogen) atoms. The van der Waals surface area contributed by atoms with Gasteiger partial charge in [0, 0.05) is 21.0 Å². The largest absolute Gasteiger partial charge is 0.478 e. The van der Waals surface area contributed by atoms with Crippen molar-refractivity contribution in [3.05, 3.63) is 64.4 Å². The molecule has 0 aliphatic carbocycles. The van der Waals surface area contributed by atoms with Gasteiger partial charge in [-0.1, -0.05) is 35.0 Å². The number of rotatable bonds is 4. The van der Waals surface area contributed by atoms with E-state index >= 15 is 0 Å². The zero-order chi connectivity index (χ0) is 18.3. The van der Waals surface area contributed by atoms with E-state index in [1.807, 2.05) is 30.3 Å². The van der Waals surface area contributed by atoms with Crippen molar-refractivity contribution < 1.29 is 9.90 Å². The van der Waals surface area contributed by atoms with E-state index in [9.17, 15) is 4.79 Å². The third-order valence-corrected chi connectivity index (χ3v) is 5.35. The van der Waals surface area contributed by atoms with Crippen molar-refractivity contribution in [1.29, 1.82) is 0 Å². The first-order valence-corrected chi connectivity index (χ1v) is 8.98. The lowest BCUT2D eigenvalue weighted by molar-refractivity contribution is 0.0697. The van der Waals surface area contributed by atoms with Gasteiger partial charge in [0.15, 0.2) is 0 Å². The lowest BCUT2D eigenvalue weighted by Crippen LogP contribution is -1.97. The fourth-order valence-electron chi connectivity index (χ4n) is 2.36. The highest BCUT2D eigenvalue weighted by atomic mass is 35.5. The van der Waals surface area contributed by atoms with Crippen LogP contribution in [0.3, 0.4) is 0 Å². The van der Waals surface area contributed by atoms with Crippen molar-refractivity contribution in [3.63, 3.8) is 0 Å². The minimum atomic E-state index is -1.04. The Bertz CT molecular complexity index is 1120. The number of nitrogens with zero attached hydrogens (tertiary/aromatic N) is 3. The van der Waals surface area contributed by atoms with Gasteiger partial charge in [0.05, 0.1) is 27.8 Å². The van der Waals surface area contributed by atoms with Crippen LogP contribution in [-0.4, -0.2) is 30.8 Å². The summed E-state index contributed by atoms with van der Waals surface area (Å²) >= 11 is 13.8. The minimum absolute atomic E-state index is 0.0856. The van der Waals surface area contributed by atoms with Gasteiger partial charge < -0.3 is 10.1 Å². The quantitative estimate of drug-likeness (QED) is 0.504. The summed E-state index contributed by atoms with van der Waals surface area (Å²) in [5.74, 6) is -0.630. The summed E-state index contributed by atoms with van der Waals surface area (Å²) in [6.45, 7) is 0. The molecule has 0 saturated heterocycles. The van der Waals surface area contributed by atoms with Crippen LogP contribution in [0.15, 0.2) is 58.6 Å². The number of carboxylic acids is 1.